The Morgan fingerprint density at radius 2 is 1.87 bits per heavy atom. The summed E-state index contributed by atoms with van der Waals surface area (Å²) in [6.07, 6.45) is 3.72. The zero-order valence-corrected chi connectivity index (χ0v) is 31.7. The predicted octanol–water partition coefficient (Wildman–Crippen LogP) is 4.67. The van der Waals surface area contributed by atoms with Crippen LogP contribution >= 0.6 is 11.3 Å². The highest BCUT2D eigenvalue weighted by atomic mass is 32.1. The molecule has 1 fully saturated rings. The highest BCUT2D eigenvalue weighted by Gasteiger charge is 2.32. The molecule has 2 aromatic carbocycles. The van der Waals surface area contributed by atoms with E-state index in [2.05, 4.69) is 26.3 Å². The van der Waals surface area contributed by atoms with Crippen molar-refractivity contribution in [3.05, 3.63) is 76.3 Å². The molecule has 3 heterocycles. The van der Waals surface area contributed by atoms with E-state index in [1.807, 2.05) is 55.5 Å². The predicted molar refractivity (Wildman–Crippen MR) is 201 cm³/mol. The SMILES string of the molecule is Cc1ccc2cc1CNC(=O)[C@H](CCc1ccccc1)NC(=O)[C@@H](NC(=O)Cc1cnc(NC(=O)OC(C)(C)C)s1)CC(=O)N1CCCC(CCO2)C1. The van der Waals surface area contributed by atoms with Crippen LogP contribution in [0.2, 0.25) is 0 Å². The Bertz CT molecular complexity index is 1760. The number of piperidine rings is 1. The Kier molecular flexibility index (Phi) is 13.5. The monoisotopic (exact) mass is 746 g/mol. The van der Waals surface area contributed by atoms with Gasteiger partial charge in [0.25, 0.3) is 0 Å². The molecule has 0 aliphatic carbocycles. The molecule has 0 spiro atoms. The van der Waals surface area contributed by atoms with Crippen molar-refractivity contribution in [1.82, 2.24) is 25.8 Å². The van der Waals surface area contributed by atoms with Crippen LogP contribution in [0.15, 0.2) is 54.7 Å². The summed E-state index contributed by atoms with van der Waals surface area (Å²) >= 11 is 1.10. The Morgan fingerprint density at radius 1 is 1.08 bits per heavy atom. The number of thiazole rings is 1. The first-order chi connectivity index (χ1) is 25.3. The highest BCUT2D eigenvalue weighted by Crippen LogP contribution is 2.24. The molecule has 3 aromatic rings. The number of amides is 5. The minimum Gasteiger partial charge on any atom is -0.494 e. The van der Waals surface area contributed by atoms with Gasteiger partial charge in [0.05, 0.1) is 19.4 Å². The van der Waals surface area contributed by atoms with Crippen LogP contribution in [0.25, 0.3) is 0 Å². The molecule has 1 unspecified atom stereocenters. The number of nitrogens with zero attached hydrogens (tertiary/aromatic N) is 2. The van der Waals surface area contributed by atoms with E-state index in [0.717, 1.165) is 47.3 Å². The molecule has 3 atom stereocenters. The van der Waals surface area contributed by atoms with Gasteiger partial charge in [-0.05, 0) is 94.5 Å². The van der Waals surface area contributed by atoms with Crippen molar-refractivity contribution < 1.29 is 33.4 Å². The van der Waals surface area contributed by atoms with Gasteiger partial charge in [0.2, 0.25) is 23.6 Å². The molecular weight excluding hydrogens is 697 g/mol. The molecule has 5 rings (SSSR count). The Labute approximate surface area is 314 Å². The lowest BCUT2D eigenvalue weighted by Gasteiger charge is -2.34. The minimum atomic E-state index is -1.24. The Balaban J connectivity index is 1.35. The van der Waals surface area contributed by atoms with Gasteiger partial charge in [0.15, 0.2) is 5.13 Å². The summed E-state index contributed by atoms with van der Waals surface area (Å²) in [6.45, 7) is 9.00. The van der Waals surface area contributed by atoms with Crippen molar-refractivity contribution in [2.45, 2.75) is 96.9 Å². The molecule has 1 saturated heterocycles. The molecule has 53 heavy (non-hydrogen) atoms. The van der Waals surface area contributed by atoms with Crippen molar-refractivity contribution >= 4 is 46.2 Å². The van der Waals surface area contributed by atoms with Crippen molar-refractivity contribution in [1.29, 1.82) is 0 Å². The molecule has 0 saturated carbocycles. The van der Waals surface area contributed by atoms with Crippen LogP contribution in [0.3, 0.4) is 0 Å². The average Bonchev–Trinajstić information content (AvgIpc) is 3.54. The number of carbonyl (C=O) groups is 5. The Morgan fingerprint density at radius 3 is 2.64 bits per heavy atom. The van der Waals surface area contributed by atoms with Crippen LogP contribution in [0.4, 0.5) is 9.93 Å². The van der Waals surface area contributed by atoms with Gasteiger partial charge in [0.1, 0.15) is 23.4 Å². The van der Waals surface area contributed by atoms with Gasteiger partial charge in [-0.1, -0.05) is 36.4 Å². The summed E-state index contributed by atoms with van der Waals surface area (Å²) in [7, 11) is 0. The smallest absolute Gasteiger partial charge is 0.413 e. The van der Waals surface area contributed by atoms with Crippen LogP contribution in [-0.2, 0) is 43.3 Å². The number of benzene rings is 2. The summed E-state index contributed by atoms with van der Waals surface area (Å²) in [5.41, 5.74) is 2.20. The molecule has 1 aromatic heterocycles. The van der Waals surface area contributed by atoms with Crippen LogP contribution in [-0.4, -0.2) is 77.0 Å². The second-order valence-electron chi connectivity index (χ2n) is 14.6. The van der Waals surface area contributed by atoms with E-state index >= 15 is 0 Å². The fraction of sp³-hybridized carbons (Fsp3) is 0.487. The van der Waals surface area contributed by atoms with E-state index in [1.165, 1.54) is 6.20 Å². The zero-order valence-electron chi connectivity index (χ0n) is 30.9. The van der Waals surface area contributed by atoms with Gasteiger partial charge in [-0.15, -0.1) is 11.3 Å². The van der Waals surface area contributed by atoms with Crippen molar-refractivity contribution in [3.8, 4) is 5.75 Å². The first-order valence-corrected chi connectivity index (χ1v) is 19.0. The number of nitrogens with one attached hydrogen (secondary N) is 4. The number of aryl methyl sites for hydroxylation is 2. The number of anilines is 1. The average molecular weight is 747 g/mol. The van der Waals surface area contributed by atoms with E-state index in [9.17, 15) is 24.0 Å². The number of rotatable bonds is 7. The van der Waals surface area contributed by atoms with Gasteiger partial charge in [-0.2, -0.15) is 0 Å². The minimum absolute atomic E-state index is 0.145. The maximum absolute atomic E-state index is 14.1. The molecule has 13 nitrogen and oxygen atoms in total. The maximum Gasteiger partial charge on any atom is 0.413 e. The fourth-order valence-corrected chi connectivity index (χ4v) is 7.15. The second kappa shape index (κ2) is 18.2. The molecular formula is C39H50N6O7S. The second-order valence-corrected chi connectivity index (χ2v) is 15.8. The molecule has 2 aliphatic heterocycles. The largest absolute Gasteiger partial charge is 0.494 e. The third-order valence-electron chi connectivity index (χ3n) is 9.16. The molecule has 0 radical (unpaired) electrons. The summed E-state index contributed by atoms with van der Waals surface area (Å²) in [4.78, 5) is 73.6. The normalized spacial score (nSPS) is 20.2. The van der Waals surface area contributed by atoms with Crippen molar-refractivity contribution in [2.75, 3.05) is 25.0 Å². The summed E-state index contributed by atoms with van der Waals surface area (Å²) < 4.78 is 11.4. The summed E-state index contributed by atoms with van der Waals surface area (Å²) in [6, 6.07) is 13.3. The number of carbonyl (C=O) groups excluding carboxylic acids is 5. The van der Waals surface area contributed by atoms with Crippen molar-refractivity contribution in [3.63, 3.8) is 0 Å². The number of aromatic nitrogens is 1. The third kappa shape index (κ3) is 12.3. The first-order valence-electron chi connectivity index (χ1n) is 18.2. The molecule has 5 amide bonds. The first kappa shape index (κ1) is 39.2. The quantitative estimate of drug-likeness (QED) is 0.271. The highest BCUT2D eigenvalue weighted by molar-refractivity contribution is 7.15. The van der Waals surface area contributed by atoms with E-state index in [1.54, 1.807) is 25.7 Å². The van der Waals surface area contributed by atoms with Crippen molar-refractivity contribution in [2.24, 2.45) is 5.92 Å². The standard InChI is InChI=1S/C39H50N6O7S/c1-25-12-14-29-19-28(25)22-40-35(48)31(15-13-26-9-6-5-7-10-26)43-36(49)32(21-34(47)45-17-8-11-27(24-45)16-18-51-29)42-33(46)20-30-23-41-37(53-30)44-38(50)52-39(2,3)4/h5-7,9-10,12,14,19,23,27,31-32H,8,11,13,15-18,20-22,24H2,1-4H3,(H,40,48)(H,42,46)(H,43,49)(H,41,44,50)/t27?,31-,32-/m0/s1. The Hall–Kier alpha value is -4.98. The topological polar surface area (TPSA) is 168 Å². The molecule has 4 N–H and O–H groups in total. The molecule has 14 heteroatoms. The lowest BCUT2D eigenvalue weighted by atomic mass is 9.94. The van der Waals surface area contributed by atoms with E-state index in [4.69, 9.17) is 9.47 Å². The van der Waals surface area contributed by atoms with Gasteiger partial charge < -0.3 is 30.3 Å². The van der Waals surface area contributed by atoms with E-state index in [-0.39, 0.29) is 42.3 Å². The van der Waals surface area contributed by atoms with Crippen LogP contribution in [0.1, 0.15) is 74.4 Å². The number of hydrogen-bond donors (Lipinski definition) is 4. The molecule has 4 bridgehead atoms. The lowest BCUT2D eigenvalue weighted by Crippen LogP contribution is -2.55. The van der Waals surface area contributed by atoms with Crippen LogP contribution in [0.5, 0.6) is 5.75 Å². The number of hydrogen-bond acceptors (Lipinski definition) is 9. The fourth-order valence-electron chi connectivity index (χ4n) is 6.36. The van der Waals surface area contributed by atoms with Gasteiger partial charge >= 0.3 is 6.09 Å². The van der Waals surface area contributed by atoms with E-state index in [0.29, 0.717) is 43.2 Å². The van der Waals surface area contributed by atoms with E-state index < -0.39 is 35.6 Å². The van der Waals surface area contributed by atoms with Gasteiger partial charge in [-0.3, -0.25) is 24.5 Å². The molecule has 284 valence electrons. The third-order valence-corrected chi connectivity index (χ3v) is 10.1. The molecule has 2 aliphatic rings. The lowest BCUT2D eigenvalue weighted by molar-refractivity contribution is -0.138. The van der Waals surface area contributed by atoms with Crippen LogP contribution < -0.4 is 26.0 Å². The zero-order chi connectivity index (χ0) is 38.0. The number of ether oxygens (including phenoxy) is 2. The number of fused-ring (bicyclic) bond motifs is 4. The van der Waals surface area contributed by atoms with Gasteiger partial charge in [-0.25, -0.2) is 9.78 Å². The van der Waals surface area contributed by atoms with Gasteiger partial charge in [0, 0.05) is 30.7 Å². The maximum atomic E-state index is 14.1. The summed E-state index contributed by atoms with van der Waals surface area (Å²) in [5, 5.41) is 11.4. The summed E-state index contributed by atoms with van der Waals surface area (Å²) in [5.74, 6) is -0.834. The van der Waals surface area contributed by atoms with Crippen LogP contribution in [0, 0.1) is 12.8 Å².